The second-order valence-corrected chi connectivity index (χ2v) is 10.5. The molecule has 0 spiro atoms. The van der Waals surface area contributed by atoms with Gasteiger partial charge >= 0.3 is 0 Å². The van der Waals surface area contributed by atoms with Crippen molar-refractivity contribution in [3.63, 3.8) is 0 Å². The Labute approximate surface area is 238 Å². The molecule has 1 aliphatic rings. The molecule has 41 heavy (non-hydrogen) atoms. The number of piperazine rings is 1. The van der Waals surface area contributed by atoms with Crippen molar-refractivity contribution in [2.45, 2.75) is 6.54 Å². The summed E-state index contributed by atoms with van der Waals surface area (Å²) in [4.78, 5) is 28.5. The van der Waals surface area contributed by atoms with Crippen LogP contribution in [0, 0.1) is 0 Å². The number of hydrogen-bond acceptors (Lipinski definition) is 8. The summed E-state index contributed by atoms with van der Waals surface area (Å²) in [5.74, 6) is 1.48. The molecule has 0 unspecified atom stereocenters. The van der Waals surface area contributed by atoms with Gasteiger partial charge in [0.15, 0.2) is 0 Å². The van der Waals surface area contributed by atoms with Gasteiger partial charge in [-0.25, -0.2) is 14.5 Å². The van der Waals surface area contributed by atoms with Crippen LogP contribution in [0.5, 0.6) is 5.88 Å². The van der Waals surface area contributed by atoms with Gasteiger partial charge < -0.3 is 14.5 Å². The highest BCUT2D eigenvalue weighted by atomic mass is 16.5. The lowest BCUT2D eigenvalue weighted by Gasteiger charge is -2.35. The van der Waals surface area contributed by atoms with Crippen LogP contribution in [-0.4, -0.2) is 92.5 Å². The van der Waals surface area contributed by atoms with Crippen LogP contribution in [0.3, 0.4) is 0 Å². The largest absolute Gasteiger partial charge is 0.481 e. The monoisotopic (exact) mass is 551 g/mol. The van der Waals surface area contributed by atoms with Gasteiger partial charge in [-0.3, -0.25) is 14.4 Å². The molecule has 6 rings (SSSR count). The molecule has 1 saturated heterocycles. The Hall–Kier alpha value is -4.77. The summed E-state index contributed by atoms with van der Waals surface area (Å²) in [6.07, 6.45) is 11.1. The normalized spacial score (nSPS) is 14.0. The molecule has 1 amide bonds. The third-order valence-electron chi connectivity index (χ3n) is 7.45. The predicted octanol–water partition coefficient (Wildman–Crippen LogP) is 3.22. The van der Waals surface area contributed by atoms with Gasteiger partial charge in [-0.15, -0.1) is 0 Å². The van der Waals surface area contributed by atoms with Gasteiger partial charge in [-0.2, -0.15) is 10.2 Å². The van der Waals surface area contributed by atoms with Crippen molar-refractivity contribution >= 4 is 17.2 Å². The Kier molecular flexibility index (Phi) is 7.10. The topological polar surface area (TPSA) is 96.9 Å². The zero-order valence-electron chi connectivity index (χ0n) is 23.7. The second kappa shape index (κ2) is 11.0. The van der Waals surface area contributed by atoms with Crippen molar-refractivity contribution in [1.29, 1.82) is 0 Å². The predicted molar refractivity (Wildman–Crippen MR) is 157 cm³/mol. The highest BCUT2D eigenvalue weighted by molar-refractivity contribution is 6.04. The number of amides is 1. The van der Waals surface area contributed by atoms with Crippen molar-refractivity contribution in [2.24, 2.45) is 7.05 Å². The number of ether oxygens (including phenoxy) is 1. The van der Waals surface area contributed by atoms with Crippen molar-refractivity contribution < 1.29 is 9.53 Å². The van der Waals surface area contributed by atoms with Gasteiger partial charge in [0.2, 0.25) is 5.88 Å². The molecule has 0 radical (unpaired) electrons. The lowest BCUT2D eigenvalue weighted by Crippen LogP contribution is -2.46. The molecule has 11 heteroatoms. The minimum atomic E-state index is -0.0942. The number of methoxy groups -OCH3 is 1. The van der Waals surface area contributed by atoms with E-state index in [2.05, 4.69) is 49.2 Å². The van der Waals surface area contributed by atoms with Crippen molar-refractivity contribution in [3.8, 4) is 28.1 Å². The smallest absolute Gasteiger partial charge is 0.257 e. The summed E-state index contributed by atoms with van der Waals surface area (Å²) in [6.45, 7) is 4.52. The van der Waals surface area contributed by atoms with Gasteiger partial charge in [0.25, 0.3) is 5.91 Å². The number of rotatable bonds is 7. The van der Waals surface area contributed by atoms with Crippen molar-refractivity contribution in [1.82, 2.24) is 39.2 Å². The van der Waals surface area contributed by atoms with Crippen molar-refractivity contribution in [3.05, 3.63) is 78.6 Å². The van der Waals surface area contributed by atoms with E-state index in [1.807, 2.05) is 44.1 Å². The van der Waals surface area contributed by atoms with Gasteiger partial charge in [0.05, 0.1) is 30.6 Å². The first-order valence-corrected chi connectivity index (χ1v) is 13.5. The van der Waals surface area contributed by atoms with Crippen LogP contribution in [-0.2, 0) is 13.6 Å². The summed E-state index contributed by atoms with van der Waals surface area (Å²) >= 11 is 0. The number of nitrogens with zero attached hydrogens (tertiary/aromatic N) is 9. The highest BCUT2D eigenvalue weighted by Crippen LogP contribution is 2.33. The molecule has 0 saturated carbocycles. The van der Waals surface area contributed by atoms with E-state index < -0.39 is 0 Å². The molecule has 0 atom stereocenters. The van der Waals surface area contributed by atoms with Crippen LogP contribution in [0.25, 0.3) is 27.8 Å². The molecule has 0 aromatic carbocycles. The van der Waals surface area contributed by atoms with E-state index in [-0.39, 0.29) is 5.91 Å². The maximum Gasteiger partial charge on any atom is 0.257 e. The zero-order chi connectivity index (χ0) is 28.5. The molecule has 0 bridgehead atoms. The molecule has 5 aromatic heterocycles. The SMILES string of the molecule is COc1ccc(CN2CCN(c3ccc(-c4cc(-c5cnn(C)c5)cn5ncc(C(=O)N(C)C)c45)cn3)CC2)cn1. The van der Waals surface area contributed by atoms with E-state index in [9.17, 15) is 4.79 Å². The average molecular weight is 552 g/mol. The Bertz CT molecular complexity index is 1660. The molecule has 0 aliphatic carbocycles. The molecule has 0 N–H and O–H groups in total. The Morgan fingerprint density at radius 3 is 2.37 bits per heavy atom. The lowest BCUT2D eigenvalue weighted by molar-refractivity contribution is 0.0829. The minimum absolute atomic E-state index is 0.0942. The van der Waals surface area contributed by atoms with Gasteiger partial charge in [0.1, 0.15) is 5.82 Å². The Morgan fingerprint density at radius 1 is 0.902 bits per heavy atom. The number of pyridine rings is 3. The summed E-state index contributed by atoms with van der Waals surface area (Å²) < 4.78 is 8.71. The van der Waals surface area contributed by atoms with E-state index in [0.29, 0.717) is 11.4 Å². The third-order valence-corrected chi connectivity index (χ3v) is 7.45. The fourth-order valence-electron chi connectivity index (χ4n) is 5.22. The van der Waals surface area contributed by atoms with E-state index in [1.54, 1.807) is 41.5 Å². The molecule has 210 valence electrons. The van der Waals surface area contributed by atoms with Crippen molar-refractivity contribution in [2.75, 3.05) is 52.3 Å². The minimum Gasteiger partial charge on any atom is -0.481 e. The van der Waals surface area contributed by atoms with Crippen LogP contribution in [0.2, 0.25) is 0 Å². The van der Waals surface area contributed by atoms with Gasteiger partial charge in [-0.1, -0.05) is 6.07 Å². The number of aromatic nitrogens is 6. The number of aryl methyl sites for hydroxylation is 1. The number of fused-ring (bicyclic) bond motifs is 1. The van der Waals surface area contributed by atoms with E-state index >= 15 is 0 Å². The van der Waals surface area contributed by atoms with Crippen LogP contribution in [0.1, 0.15) is 15.9 Å². The van der Waals surface area contributed by atoms with Crippen LogP contribution in [0.4, 0.5) is 5.82 Å². The van der Waals surface area contributed by atoms with E-state index in [4.69, 9.17) is 9.72 Å². The Balaban J connectivity index is 1.24. The second-order valence-electron chi connectivity index (χ2n) is 10.5. The molecule has 11 nitrogen and oxygen atoms in total. The fraction of sp³-hybridized carbons (Fsp3) is 0.300. The van der Waals surface area contributed by atoms with Crippen LogP contribution in [0.15, 0.2) is 67.5 Å². The first-order chi connectivity index (χ1) is 19.9. The number of carbonyl (C=O) groups is 1. The van der Waals surface area contributed by atoms with E-state index in [1.165, 1.54) is 5.56 Å². The maximum absolute atomic E-state index is 13.0. The summed E-state index contributed by atoms with van der Waals surface area (Å²) in [5.41, 5.74) is 6.23. The fourth-order valence-corrected chi connectivity index (χ4v) is 5.22. The van der Waals surface area contributed by atoms with E-state index in [0.717, 1.165) is 66.3 Å². The van der Waals surface area contributed by atoms with Gasteiger partial charge in [-0.05, 0) is 23.8 Å². The molecule has 1 aliphatic heterocycles. The Morgan fingerprint density at radius 2 is 1.73 bits per heavy atom. The molecule has 1 fully saturated rings. The molecular formula is C30H33N9O2. The zero-order valence-corrected chi connectivity index (χ0v) is 23.7. The summed E-state index contributed by atoms with van der Waals surface area (Å²) in [6, 6.07) is 10.2. The highest BCUT2D eigenvalue weighted by Gasteiger charge is 2.22. The maximum atomic E-state index is 13.0. The average Bonchev–Trinajstić information content (AvgIpc) is 3.63. The quantitative estimate of drug-likeness (QED) is 0.304. The molecular weight excluding hydrogens is 518 g/mol. The first-order valence-electron chi connectivity index (χ1n) is 13.5. The number of anilines is 1. The third kappa shape index (κ3) is 5.36. The summed E-state index contributed by atoms with van der Waals surface area (Å²) in [5, 5.41) is 8.86. The molecule has 5 aromatic rings. The number of carbonyl (C=O) groups excluding carboxylic acids is 1. The van der Waals surface area contributed by atoms with Crippen LogP contribution >= 0.6 is 0 Å². The first kappa shape index (κ1) is 26.5. The molecule has 6 heterocycles. The lowest BCUT2D eigenvalue weighted by atomic mass is 10.0. The summed E-state index contributed by atoms with van der Waals surface area (Å²) in [7, 11) is 7.02. The van der Waals surface area contributed by atoms with Gasteiger partial charge in [0, 0.05) is 107 Å². The number of hydrogen-bond donors (Lipinski definition) is 0. The standard InChI is InChI=1S/C30H33N9O2/c1-35(2)30(40)26-17-34-39-20-23(24-16-33-36(3)19-24)13-25(29(26)39)22-6-7-27(31-15-22)38-11-9-37(10-12-38)18-21-5-8-28(41-4)32-14-21/h5-8,13-17,19-20H,9-12,18H2,1-4H3. The van der Waals surface area contributed by atoms with Crippen LogP contribution < -0.4 is 9.64 Å².